The van der Waals surface area contributed by atoms with Gasteiger partial charge >= 0.3 is 0 Å². The molecule has 2 aromatic rings. The van der Waals surface area contributed by atoms with Gasteiger partial charge in [0.15, 0.2) is 0 Å². The van der Waals surface area contributed by atoms with Gasteiger partial charge in [-0.1, -0.05) is 6.92 Å². The summed E-state index contributed by atoms with van der Waals surface area (Å²) in [6.07, 6.45) is 2.74. The molecule has 2 rings (SSSR count). The van der Waals surface area contributed by atoms with E-state index in [1.54, 1.807) is 6.20 Å². The van der Waals surface area contributed by atoms with Crippen molar-refractivity contribution in [2.45, 2.75) is 34.1 Å². The first-order chi connectivity index (χ1) is 9.60. The molecule has 106 valence electrons. The van der Waals surface area contributed by atoms with Crippen molar-refractivity contribution < 1.29 is 4.74 Å². The van der Waals surface area contributed by atoms with Crippen LogP contribution in [0.4, 0.5) is 5.82 Å². The number of hydrogen-bond acceptors (Lipinski definition) is 5. The number of ether oxygens (including phenoxy) is 1. The Kier molecular flexibility index (Phi) is 4.50. The number of rotatable bonds is 5. The smallest absolute Gasteiger partial charge is 0.227 e. The third-order valence-corrected chi connectivity index (χ3v) is 2.85. The summed E-state index contributed by atoms with van der Waals surface area (Å²) in [5.74, 6) is 2.76. The van der Waals surface area contributed by atoms with Gasteiger partial charge in [0, 0.05) is 12.2 Å². The Morgan fingerprint density at radius 1 is 1.15 bits per heavy atom. The van der Waals surface area contributed by atoms with Crippen molar-refractivity contribution in [3.8, 4) is 11.6 Å². The monoisotopic (exact) mass is 272 g/mol. The molecule has 0 aliphatic carbocycles. The molecule has 0 atom stereocenters. The Bertz CT molecular complexity index is 581. The number of anilines is 1. The molecule has 0 unspecified atom stereocenters. The second kappa shape index (κ2) is 6.32. The van der Waals surface area contributed by atoms with Crippen LogP contribution in [0.15, 0.2) is 18.3 Å². The Hall–Kier alpha value is -2.17. The molecular weight excluding hydrogens is 252 g/mol. The van der Waals surface area contributed by atoms with E-state index in [2.05, 4.69) is 27.2 Å². The average Bonchev–Trinajstić information content (AvgIpc) is 2.43. The molecule has 5 heteroatoms. The molecule has 2 heterocycles. The SMILES string of the molecule is CCCNc1nc(C)nc(Oc2ccc(C)nc2)c1C. The van der Waals surface area contributed by atoms with Crippen molar-refractivity contribution in [2.75, 3.05) is 11.9 Å². The highest BCUT2D eigenvalue weighted by molar-refractivity contribution is 5.49. The van der Waals surface area contributed by atoms with Gasteiger partial charge in [-0.2, -0.15) is 4.98 Å². The number of pyridine rings is 1. The van der Waals surface area contributed by atoms with Crippen LogP contribution in [0.2, 0.25) is 0 Å². The van der Waals surface area contributed by atoms with E-state index in [9.17, 15) is 0 Å². The summed E-state index contributed by atoms with van der Waals surface area (Å²) in [5, 5.41) is 3.29. The fraction of sp³-hybridized carbons (Fsp3) is 0.400. The van der Waals surface area contributed by atoms with Crippen LogP contribution >= 0.6 is 0 Å². The molecule has 0 aromatic carbocycles. The fourth-order valence-electron chi connectivity index (χ4n) is 1.74. The van der Waals surface area contributed by atoms with Crippen LogP contribution in [0.3, 0.4) is 0 Å². The van der Waals surface area contributed by atoms with Crippen LogP contribution in [0, 0.1) is 20.8 Å². The number of aromatic nitrogens is 3. The maximum Gasteiger partial charge on any atom is 0.227 e. The molecule has 0 bridgehead atoms. The number of hydrogen-bond donors (Lipinski definition) is 1. The maximum absolute atomic E-state index is 5.81. The minimum atomic E-state index is 0.571. The molecule has 0 amide bonds. The van der Waals surface area contributed by atoms with Crippen molar-refractivity contribution in [3.05, 3.63) is 35.4 Å². The van der Waals surface area contributed by atoms with Crippen LogP contribution < -0.4 is 10.1 Å². The van der Waals surface area contributed by atoms with Gasteiger partial charge in [-0.05, 0) is 39.3 Å². The van der Waals surface area contributed by atoms with Crippen molar-refractivity contribution in [3.63, 3.8) is 0 Å². The van der Waals surface area contributed by atoms with Crippen LogP contribution in [0.25, 0.3) is 0 Å². The summed E-state index contributed by atoms with van der Waals surface area (Å²) in [6, 6.07) is 3.80. The van der Waals surface area contributed by atoms with E-state index in [-0.39, 0.29) is 0 Å². The second-order valence-corrected chi connectivity index (χ2v) is 4.71. The minimum absolute atomic E-state index is 0.571. The van der Waals surface area contributed by atoms with Gasteiger partial charge < -0.3 is 10.1 Å². The molecule has 0 saturated carbocycles. The van der Waals surface area contributed by atoms with Gasteiger partial charge in [-0.15, -0.1) is 0 Å². The lowest BCUT2D eigenvalue weighted by Gasteiger charge is -2.13. The van der Waals surface area contributed by atoms with Crippen LogP contribution in [-0.2, 0) is 0 Å². The van der Waals surface area contributed by atoms with Crippen LogP contribution in [0.5, 0.6) is 11.6 Å². The van der Waals surface area contributed by atoms with E-state index in [1.165, 1.54) is 0 Å². The highest BCUT2D eigenvalue weighted by Crippen LogP contribution is 2.26. The van der Waals surface area contributed by atoms with Crippen LogP contribution in [-0.4, -0.2) is 21.5 Å². The zero-order chi connectivity index (χ0) is 14.5. The van der Waals surface area contributed by atoms with E-state index in [0.29, 0.717) is 17.5 Å². The molecule has 0 aliphatic heterocycles. The zero-order valence-corrected chi connectivity index (χ0v) is 12.4. The molecule has 2 aromatic heterocycles. The zero-order valence-electron chi connectivity index (χ0n) is 12.4. The normalized spacial score (nSPS) is 10.4. The van der Waals surface area contributed by atoms with Gasteiger partial charge in [-0.25, -0.2) is 4.98 Å². The molecule has 1 N–H and O–H groups in total. The van der Waals surface area contributed by atoms with Gasteiger partial charge in [0.05, 0.1) is 11.8 Å². The summed E-state index contributed by atoms with van der Waals surface area (Å²) in [7, 11) is 0. The first-order valence-electron chi connectivity index (χ1n) is 6.79. The number of aryl methyl sites for hydroxylation is 2. The van der Waals surface area contributed by atoms with Crippen molar-refractivity contribution in [2.24, 2.45) is 0 Å². The van der Waals surface area contributed by atoms with Gasteiger partial charge in [0.1, 0.15) is 17.4 Å². The maximum atomic E-state index is 5.81. The highest BCUT2D eigenvalue weighted by atomic mass is 16.5. The van der Waals surface area contributed by atoms with Gasteiger partial charge in [0.2, 0.25) is 5.88 Å². The molecule has 0 spiro atoms. The molecular formula is C15H20N4O. The summed E-state index contributed by atoms with van der Waals surface area (Å²) >= 11 is 0. The molecule has 0 fully saturated rings. The summed E-state index contributed by atoms with van der Waals surface area (Å²) in [4.78, 5) is 13.0. The molecule has 0 saturated heterocycles. The lowest BCUT2D eigenvalue weighted by molar-refractivity contribution is 0.453. The van der Waals surface area contributed by atoms with Crippen molar-refractivity contribution in [1.29, 1.82) is 0 Å². The molecule has 0 radical (unpaired) electrons. The predicted molar refractivity (Wildman–Crippen MR) is 79.3 cm³/mol. The number of nitrogens with zero attached hydrogens (tertiary/aromatic N) is 3. The Labute approximate surface area is 119 Å². The standard InChI is InChI=1S/C15H20N4O/c1-5-8-16-14-11(3)15(19-12(4)18-14)20-13-7-6-10(2)17-9-13/h6-7,9H,5,8H2,1-4H3,(H,16,18,19). The van der Waals surface area contributed by atoms with E-state index < -0.39 is 0 Å². The van der Waals surface area contributed by atoms with E-state index >= 15 is 0 Å². The second-order valence-electron chi connectivity index (χ2n) is 4.71. The van der Waals surface area contributed by atoms with Crippen molar-refractivity contribution >= 4 is 5.82 Å². The fourth-order valence-corrected chi connectivity index (χ4v) is 1.74. The summed E-state index contributed by atoms with van der Waals surface area (Å²) in [5.41, 5.74) is 1.86. The quantitative estimate of drug-likeness (QED) is 0.903. The van der Waals surface area contributed by atoms with Gasteiger partial charge in [0.25, 0.3) is 0 Å². The summed E-state index contributed by atoms with van der Waals surface area (Å²) in [6.45, 7) is 8.75. The molecule has 5 nitrogen and oxygen atoms in total. The Morgan fingerprint density at radius 3 is 2.60 bits per heavy atom. The molecule has 20 heavy (non-hydrogen) atoms. The highest BCUT2D eigenvalue weighted by Gasteiger charge is 2.11. The number of nitrogens with one attached hydrogen (secondary N) is 1. The van der Waals surface area contributed by atoms with Crippen LogP contribution in [0.1, 0.15) is 30.4 Å². The lowest BCUT2D eigenvalue weighted by atomic mass is 10.3. The van der Waals surface area contributed by atoms with E-state index in [0.717, 1.165) is 30.0 Å². The van der Waals surface area contributed by atoms with Crippen molar-refractivity contribution in [1.82, 2.24) is 15.0 Å². The lowest BCUT2D eigenvalue weighted by Crippen LogP contribution is -2.07. The topological polar surface area (TPSA) is 59.9 Å². The Morgan fingerprint density at radius 2 is 1.95 bits per heavy atom. The van der Waals surface area contributed by atoms with E-state index in [4.69, 9.17) is 4.74 Å². The third kappa shape index (κ3) is 3.44. The largest absolute Gasteiger partial charge is 0.437 e. The predicted octanol–water partition coefficient (Wildman–Crippen LogP) is 3.41. The first-order valence-corrected chi connectivity index (χ1v) is 6.79. The van der Waals surface area contributed by atoms with Gasteiger partial charge in [-0.3, -0.25) is 4.98 Å². The molecule has 0 aliphatic rings. The van der Waals surface area contributed by atoms with E-state index in [1.807, 2.05) is 32.9 Å². The Balaban J connectivity index is 2.26. The third-order valence-electron chi connectivity index (χ3n) is 2.85. The average molecular weight is 272 g/mol. The summed E-state index contributed by atoms with van der Waals surface area (Å²) < 4.78 is 5.81. The first kappa shape index (κ1) is 14.2. The minimum Gasteiger partial charge on any atom is -0.437 e.